The van der Waals surface area contributed by atoms with Crippen LogP contribution in [0.5, 0.6) is 28.7 Å². The van der Waals surface area contributed by atoms with Crippen molar-refractivity contribution in [2.75, 3.05) is 27.1 Å². The van der Waals surface area contributed by atoms with Crippen molar-refractivity contribution in [3.8, 4) is 28.7 Å². The average Bonchev–Trinajstić information content (AvgIpc) is 3.51. The van der Waals surface area contributed by atoms with E-state index in [2.05, 4.69) is 37.1 Å². The predicted molar refractivity (Wildman–Crippen MR) is 174 cm³/mol. The molecule has 15 heteroatoms. The van der Waals surface area contributed by atoms with Crippen LogP contribution in [0.4, 0.5) is 4.79 Å². The number of esters is 1. The van der Waals surface area contributed by atoms with E-state index in [0.29, 0.717) is 43.6 Å². The topological polar surface area (TPSA) is 155 Å². The Morgan fingerprint density at radius 3 is 2.68 bits per heavy atom. The summed E-state index contributed by atoms with van der Waals surface area (Å²) < 4.78 is 33.5. The van der Waals surface area contributed by atoms with Gasteiger partial charge in [-0.2, -0.15) is 5.10 Å². The van der Waals surface area contributed by atoms with Crippen molar-refractivity contribution < 1.29 is 42.8 Å². The molecule has 0 spiro atoms. The lowest BCUT2D eigenvalue weighted by atomic mass is 9.95. The van der Waals surface area contributed by atoms with Crippen molar-refractivity contribution in [1.29, 1.82) is 0 Å². The third-order valence-corrected chi connectivity index (χ3v) is 7.76. The molecule has 1 atom stereocenters. The summed E-state index contributed by atoms with van der Waals surface area (Å²) >= 11 is 9.94. The number of allylic oxidation sites excluding steroid dienone is 1. The van der Waals surface area contributed by atoms with E-state index in [4.69, 9.17) is 40.0 Å². The molecule has 0 saturated heterocycles. The molecule has 246 valence electrons. The number of carbonyl (C=O) groups excluding carboxylic acids is 3. The fourth-order valence-corrected chi connectivity index (χ4v) is 5.73. The van der Waals surface area contributed by atoms with E-state index < -0.39 is 23.9 Å². The zero-order valence-corrected chi connectivity index (χ0v) is 27.8. The summed E-state index contributed by atoms with van der Waals surface area (Å²) in [5.41, 5.74) is 5.08. The van der Waals surface area contributed by atoms with Crippen LogP contribution in [-0.4, -0.2) is 51.2 Å². The first-order valence-electron chi connectivity index (χ1n) is 14.2. The van der Waals surface area contributed by atoms with Gasteiger partial charge >= 0.3 is 12.0 Å². The van der Waals surface area contributed by atoms with E-state index in [1.165, 1.54) is 13.3 Å². The van der Waals surface area contributed by atoms with Gasteiger partial charge in [0.05, 0.1) is 41.0 Å². The van der Waals surface area contributed by atoms with Gasteiger partial charge in [-0.05, 0) is 82.9 Å². The molecular formula is C32H30BrClN4O9. The standard InChI is InChI=1S/C32H30BrClN4O9/c1-4-43-31(40)28-17(2)36-32(41)37-29(28)20-6-8-23(25(12-20)42-3)44-15-27(39)38-35-13-19-9-21(33)30(22(34)10-19)45-14-18-5-7-24-26(11-18)47-16-46-24/h5-13,29H,4,14-16H2,1-3H3,(H,38,39)(H2,36,37,41)/b35-13-/t29-/m0/s1. The summed E-state index contributed by atoms with van der Waals surface area (Å²) in [4.78, 5) is 37.3. The van der Waals surface area contributed by atoms with E-state index in [1.807, 2.05) is 18.2 Å². The monoisotopic (exact) mass is 728 g/mol. The SMILES string of the molecule is CCOC(=O)C1=C(C)NC(=O)N[C@H]1c1ccc(OCC(=O)N/N=C\c2cc(Cl)c(OCc3ccc4c(c3)OCO4)c(Br)c2)c(OC)c1. The minimum Gasteiger partial charge on any atom is -0.493 e. The Kier molecular flexibility index (Phi) is 10.7. The van der Waals surface area contributed by atoms with Crippen LogP contribution in [-0.2, 0) is 20.9 Å². The predicted octanol–water partition coefficient (Wildman–Crippen LogP) is 5.14. The van der Waals surface area contributed by atoms with Gasteiger partial charge in [0.1, 0.15) is 6.61 Å². The second-order valence-electron chi connectivity index (χ2n) is 10.1. The zero-order chi connectivity index (χ0) is 33.5. The number of nitrogens with zero attached hydrogens (tertiary/aromatic N) is 1. The maximum absolute atomic E-state index is 12.6. The first kappa shape index (κ1) is 33.4. The van der Waals surface area contributed by atoms with Crippen LogP contribution in [0.1, 0.15) is 36.6 Å². The largest absolute Gasteiger partial charge is 0.493 e. The number of ether oxygens (including phenoxy) is 6. The van der Waals surface area contributed by atoms with Gasteiger partial charge in [0.25, 0.3) is 5.91 Å². The van der Waals surface area contributed by atoms with E-state index >= 15 is 0 Å². The molecule has 0 bridgehead atoms. The second kappa shape index (κ2) is 15.1. The molecule has 0 saturated carbocycles. The molecule has 3 aromatic carbocycles. The van der Waals surface area contributed by atoms with Crippen LogP contribution in [0.15, 0.2) is 69.4 Å². The number of hydrogen-bond donors (Lipinski definition) is 3. The number of carbonyl (C=O) groups is 3. The summed E-state index contributed by atoms with van der Waals surface area (Å²) in [6.45, 7) is 3.57. The molecule has 3 aromatic rings. The Morgan fingerprint density at radius 2 is 1.91 bits per heavy atom. The third kappa shape index (κ3) is 8.07. The van der Waals surface area contributed by atoms with Crippen LogP contribution < -0.4 is 39.7 Å². The quantitative estimate of drug-likeness (QED) is 0.131. The number of hydrazone groups is 1. The minimum atomic E-state index is -0.785. The van der Waals surface area contributed by atoms with Crippen LogP contribution >= 0.6 is 27.5 Å². The van der Waals surface area contributed by atoms with Gasteiger partial charge in [-0.1, -0.05) is 23.7 Å². The molecule has 0 aromatic heterocycles. The van der Waals surface area contributed by atoms with Crippen molar-refractivity contribution in [2.24, 2.45) is 5.10 Å². The maximum Gasteiger partial charge on any atom is 0.338 e. The first-order valence-corrected chi connectivity index (χ1v) is 15.4. The smallest absolute Gasteiger partial charge is 0.338 e. The van der Waals surface area contributed by atoms with Crippen molar-refractivity contribution in [1.82, 2.24) is 16.1 Å². The Morgan fingerprint density at radius 1 is 1.11 bits per heavy atom. The van der Waals surface area contributed by atoms with E-state index in [1.54, 1.807) is 44.2 Å². The van der Waals surface area contributed by atoms with Crippen molar-refractivity contribution in [3.05, 3.63) is 86.0 Å². The molecule has 3 N–H and O–H groups in total. The summed E-state index contributed by atoms with van der Waals surface area (Å²) in [7, 11) is 1.43. The van der Waals surface area contributed by atoms with Gasteiger partial charge in [0.2, 0.25) is 6.79 Å². The van der Waals surface area contributed by atoms with Crippen LogP contribution in [0.25, 0.3) is 0 Å². The second-order valence-corrected chi connectivity index (χ2v) is 11.3. The lowest BCUT2D eigenvalue weighted by Crippen LogP contribution is -2.45. The highest BCUT2D eigenvalue weighted by Crippen LogP contribution is 2.37. The lowest BCUT2D eigenvalue weighted by molar-refractivity contribution is -0.139. The number of hydrogen-bond acceptors (Lipinski definition) is 10. The van der Waals surface area contributed by atoms with Gasteiger partial charge in [-0.3, -0.25) is 4.79 Å². The van der Waals surface area contributed by atoms with Crippen molar-refractivity contribution in [3.63, 3.8) is 0 Å². The lowest BCUT2D eigenvalue weighted by Gasteiger charge is -2.28. The summed E-state index contributed by atoms with van der Waals surface area (Å²) in [6.07, 6.45) is 1.43. The highest BCUT2D eigenvalue weighted by molar-refractivity contribution is 9.10. The van der Waals surface area contributed by atoms with Crippen molar-refractivity contribution in [2.45, 2.75) is 26.5 Å². The molecular weight excluding hydrogens is 700 g/mol. The summed E-state index contributed by atoms with van der Waals surface area (Å²) in [5.74, 6) is 1.26. The Balaban J connectivity index is 1.16. The first-order chi connectivity index (χ1) is 22.7. The van der Waals surface area contributed by atoms with Gasteiger partial charge in [-0.15, -0.1) is 0 Å². The van der Waals surface area contributed by atoms with Crippen molar-refractivity contribution >= 4 is 51.7 Å². The number of amides is 3. The molecule has 0 unspecified atom stereocenters. The molecule has 5 rings (SSSR count). The van der Waals surface area contributed by atoms with E-state index in [9.17, 15) is 14.4 Å². The number of rotatable bonds is 12. The summed E-state index contributed by atoms with van der Waals surface area (Å²) in [5, 5.41) is 9.65. The molecule has 0 radical (unpaired) electrons. The molecule has 13 nitrogen and oxygen atoms in total. The van der Waals surface area contributed by atoms with Gasteiger partial charge < -0.3 is 39.1 Å². The fraction of sp³-hybridized carbons (Fsp3) is 0.250. The van der Waals surface area contributed by atoms with Crippen LogP contribution in [0.2, 0.25) is 5.02 Å². The minimum absolute atomic E-state index is 0.176. The molecule has 0 fully saturated rings. The molecule has 2 aliphatic rings. The Hall–Kier alpha value is -4.95. The van der Waals surface area contributed by atoms with Gasteiger partial charge in [0.15, 0.2) is 35.4 Å². The van der Waals surface area contributed by atoms with E-state index in [0.717, 1.165) is 5.56 Å². The highest BCUT2D eigenvalue weighted by atomic mass is 79.9. The molecule has 47 heavy (non-hydrogen) atoms. The van der Waals surface area contributed by atoms with Crippen LogP contribution in [0.3, 0.4) is 0 Å². The normalized spacial score (nSPS) is 15.2. The number of benzene rings is 3. The fourth-order valence-electron chi connectivity index (χ4n) is 4.74. The zero-order valence-electron chi connectivity index (χ0n) is 25.5. The molecule has 3 amide bonds. The van der Waals surface area contributed by atoms with Crippen LogP contribution in [0, 0.1) is 0 Å². The number of urea groups is 1. The molecule has 2 heterocycles. The number of methoxy groups -OCH3 is 1. The summed E-state index contributed by atoms with van der Waals surface area (Å²) in [6, 6.07) is 12.5. The Bertz CT molecular complexity index is 1740. The van der Waals surface area contributed by atoms with E-state index in [-0.39, 0.29) is 43.7 Å². The molecule has 0 aliphatic carbocycles. The van der Waals surface area contributed by atoms with Gasteiger partial charge in [0, 0.05) is 5.70 Å². The Labute approximate surface area is 283 Å². The maximum atomic E-state index is 12.6. The highest BCUT2D eigenvalue weighted by Gasteiger charge is 2.32. The average molecular weight is 730 g/mol. The van der Waals surface area contributed by atoms with Gasteiger partial charge in [-0.25, -0.2) is 15.0 Å². The number of fused-ring (bicyclic) bond motifs is 1. The number of nitrogens with one attached hydrogen (secondary N) is 3. The third-order valence-electron chi connectivity index (χ3n) is 6.89. The molecule has 2 aliphatic heterocycles. The number of halogens is 2.